The standard InChI is InChI=1S/C16H16FNO/c1-18-10-11-2-4-15(17)14(8-11)12-3-5-16-13(9-12)6-7-19-16/h2-5,8-9,18H,6-7,10H2,1H3. The molecule has 0 aliphatic carbocycles. The van der Waals surface area contributed by atoms with E-state index < -0.39 is 0 Å². The third kappa shape index (κ3) is 2.34. The van der Waals surface area contributed by atoms with E-state index in [0.717, 1.165) is 42.0 Å². The highest BCUT2D eigenvalue weighted by Crippen LogP contribution is 2.32. The number of nitrogens with one attached hydrogen (secondary N) is 1. The predicted octanol–water partition coefficient (Wildman–Crippen LogP) is 3.15. The summed E-state index contributed by atoms with van der Waals surface area (Å²) in [7, 11) is 1.88. The maximum absolute atomic E-state index is 14.0. The van der Waals surface area contributed by atoms with E-state index in [9.17, 15) is 4.39 Å². The first-order valence-corrected chi connectivity index (χ1v) is 6.47. The van der Waals surface area contributed by atoms with Crippen LogP contribution < -0.4 is 10.1 Å². The summed E-state index contributed by atoms with van der Waals surface area (Å²) in [5.41, 5.74) is 3.81. The molecule has 1 heterocycles. The second kappa shape index (κ2) is 5.02. The molecule has 2 aromatic carbocycles. The molecular formula is C16H16FNO. The van der Waals surface area contributed by atoms with Gasteiger partial charge >= 0.3 is 0 Å². The average molecular weight is 257 g/mol. The minimum absolute atomic E-state index is 0.182. The lowest BCUT2D eigenvalue weighted by atomic mass is 9.99. The number of rotatable bonds is 3. The molecular weight excluding hydrogens is 241 g/mol. The highest BCUT2D eigenvalue weighted by molar-refractivity contribution is 5.67. The number of fused-ring (bicyclic) bond motifs is 1. The van der Waals surface area contributed by atoms with E-state index in [2.05, 4.69) is 5.32 Å². The summed E-state index contributed by atoms with van der Waals surface area (Å²) in [6.45, 7) is 1.46. The van der Waals surface area contributed by atoms with Crippen molar-refractivity contribution in [3.8, 4) is 16.9 Å². The molecule has 0 aromatic heterocycles. The fourth-order valence-electron chi connectivity index (χ4n) is 2.46. The molecule has 0 bridgehead atoms. The van der Waals surface area contributed by atoms with Crippen LogP contribution in [0.1, 0.15) is 11.1 Å². The Kier molecular flexibility index (Phi) is 3.22. The number of halogens is 1. The van der Waals surface area contributed by atoms with Gasteiger partial charge in [0.2, 0.25) is 0 Å². The highest BCUT2D eigenvalue weighted by atomic mass is 19.1. The SMILES string of the molecule is CNCc1ccc(F)c(-c2ccc3c(c2)CCO3)c1. The van der Waals surface area contributed by atoms with Crippen LogP contribution in [-0.4, -0.2) is 13.7 Å². The van der Waals surface area contributed by atoms with Gasteiger partial charge in [0.15, 0.2) is 0 Å². The summed E-state index contributed by atoms with van der Waals surface area (Å²) >= 11 is 0. The van der Waals surface area contributed by atoms with Gasteiger partial charge in [0.1, 0.15) is 11.6 Å². The second-order valence-electron chi connectivity index (χ2n) is 4.77. The molecule has 0 fully saturated rings. The van der Waals surface area contributed by atoms with Gasteiger partial charge < -0.3 is 10.1 Å². The quantitative estimate of drug-likeness (QED) is 0.912. The lowest BCUT2D eigenvalue weighted by Gasteiger charge is -2.08. The lowest BCUT2D eigenvalue weighted by Crippen LogP contribution is -2.05. The van der Waals surface area contributed by atoms with Crippen molar-refractivity contribution in [2.45, 2.75) is 13.0 Å². The minimum atomic E-state index is -0.182. The van der Waals surface area contributed by atoms with Crippen LogP contribution in [0.25, 0.3) is 11.1 Å². The van der Waals surface area contributed by atoms with E-state index in [0.29, 0.717) is 5.56 Å². The van der Waals surface area contributed by atoms with E-state index in [1.54, 1.807) is 0 Å². The Labute approximate surface area is 112 Å². The van der Waals surface area contributed by atoms with Crippen LogP contribution in [0.5, 0.6) is 5.75 Å². The Balaban J connectivity index is 2.03. The first-order chi connectivity index (χ1) is 9.28. The van der Waals surface area contributed by atoms with Crippen LogP contribution in [0.4, 0.5) is 4.39 Å². The maximum atomic E-state index is 14.0. The van der Waals surface area contributed by atoms with Crippen molar-refractivity contribution in [2.24, 2.45) is 0 Å². The smallest absolute Gasteiger partial charge is 0.131 e. The molecule has 0 unspecified atom stereocenters. The van der Waals surface area contributed by atoms with Gasteiger partial charge in [-0.05, 0) is 48.0 Å². The van der Waals surface area contributed by atoms with Gasteiger partial charge in [0.05, 0.1) is 6.61 Å². The summed E-state index contributed by atoms with van der Waals surface area (Å²) in [4.78, 5) is 0. The van der Waals surface area contributed by atoms with Gasteiger partial charge in [0.25, 0.3) is 0 Å². The van der Waals surface area contributed by atoms with Crippen LogP contribution in [0.3, 0.4) is 0 Å². The van der Waals surface area contributed by atoms with Crippen molar-refractivity contribution in [1.29, 1.82) is 0 Å². The molecule has 0 saturated carbocycles. The summed E-state index contributed by atoms with van der Waals surface area (Å²) in [5, 5.41) is 3.08. The minimum Gasteiger partial charge on any atom is -0.493 e. The number of hydrogen-bond donors (Lipinski definition) is 1. The van der Waals surface area contributed by atoms with Crippen LogP contribution >= 0.6 is 0 Å². The van der Waals surface area contributed by atoms with E-state index in [-0.39, 0.29) is 5.82 Å². The lowest BCUT2D eigenvalue weighted by molar-refractivity contribution is 0.357. The van der Waals surface area contributed by atoms with Crippen LogP contribution in [0.15, 0.2) is 36.4 Å². The van der Waals surface area contributed by atoms with E-state index in [1.807, 2.05) is 37.4 Å². The molecule has 3 rings (SSSR count). The largest absolute Gasteiger partial charge is 0.493 e. The van der Waals surface area contributed by atoms with Gasteiger partial charge in [-0.2, -0.15) is 0 Å². The zero-order valence-corrected chi connectivity index (χ0v) is 10.9. The third-order valence-electron chi connectivity index (χ3n) is 3.41. The van der Waals surface area contributed by atoms with Crippen molar-refractivity contribution in [1.82, 2.24) is 5.32 Å². The summed E-state index contributed by atoms with van der Waals surface area (Å²) in [6.07, 6.45) is 0.904. The van der Waals surface area contributed by atoms with E-state index in [1.165, 1.54) is 6.07 Å². The number of benzene rings is 2. The Bertz CT molecular complexity index is 610. The predicted molar refractivity (Wildman–Crippen MR) is 73.8 cm³/mol. The fraction of sp³-hybridized carbons (Fsp3) is 0.250. The normalized spacial score (nSPS) is 13.2. The first-order valence-electron chi connectivity index (χ1n) is 6.47. The molecule has 0 spiro atoms. The van der Waals surface area contributed by atoms with E-state index in [4.69, 9.17) is 4.74 Å². The summed E-state index contributed by atoms with van der Waals surface area (Å²) < 4.78 is 19.5. The van der Waals surface area contributed by atoms with Gasteiger partial charge in [-0.1, -0.05) is 12.1 Å². The fourth-order valence-corrected chi connectivity index (χ4v) is 2.46. The Morgan fingerprint density at radius 3 is 2.95 bits per heavy atom. The topological polar surface area (TPSA) is 21.3 Å². The highest BCUT2D eigenvalue weighted by Gasteiger charge is 2.14. The van der Waals surface area contributed by atoms with Gasteiger partial charge in [-0.15, -0.1) is 0 Å². The maximum Gasteiger partial charge on any atom is 0.131 e. The monoisotopic (exact) mass is 257 g/mol. The molecule has 2 aromatic rings. The van der Waals surface area contributed by atoms with Crippen LogP contribution in [0.2, 0.25) is 0 Å². The molecule has 0 saturated heterocycles. The van der Waals surface area contributed by atoms with Gasteiger partial charge in [-0.3, -0.25) is 0 Å². The Morgan fingerprint density at radius 1 is 1.21 bits per heavy atom. The van der Waals surface area contributed by atoms with Crippen molar-refractivity contribution in [3.05, 3.63) is 53.3 Å². The molecule has 1 aliphatic heterocycles. The van der Waals surface area contributed by atoms with Crippen molar-refractivity contribution < 1.29 is 9.13 Å². The molecule has 2 nitrogen and oxygen atoms in total. The Morgan fingerprint density at radius 2 is 2.11 bits per heavy atom. The van der Waals surface area contributed by atoms with Gasteiger partial charge in [-0.25, -0.2) is 4.39 Å². The molecule has 1 N–H and O–H groups in total. The average Bonchev–Trinajstić information content (AvgIpc) is 2.88. The molecule has 1 aliphatic rings. The van der Waals surface area contributed by atoms with E-state index >= 15 is 0 Å². The molecule has 3 heteroatoms. The zero-order chi connectivity index (χ0) is 13.2. The van der Waals surface area contributed by atoms with Crippen LogP contribution in [-0.2, 0) is 13.0 Å². The van der Waals surface area contributed by atoms with Gasteiger partial charge in [0, 0.05) is 18.5 Å². The summed E-state index contributed by atoms with van der Waals surface area (Å²) in [6, 6.07) is 11.1. The number of ether oxygens (including phenoxy) is 1. The van der Waals surface area contributed by atoms with Crippen LogP contribution in [0, 0.1) is 5.82 Å². The number of hydrogen-bond acceptors (Lipinski definition) is 2. The van der Waals surface area contributed by atoms with Crippen molar-refractivity contribution in [2.75, 3.05) is 13.7 Å². The molecule has 98 valence electrons. The van der Waals surface area contributed by atoms with Crippen molar-refractivity contribution >= 4 is 0 Å². The molecule has 0 amide bonds. The Hall–Kier alpha value is -1.87. The third-order valence-corrected chi connectivity index (χ3v) is 3.41. The first kappa shape index (κ1) is 12.2. The molecule has 0 radical (unpaired) electrons. The molecule has 19 heavy (non-hydrogen) atoms. The molecule has 0 atom stereocenters. The summed E-state index contributed by atoms with van der Waals surface area (Å²) in [5.74, 6) is 0.745. The van der Waals surface area contributed by atoms with Crippen molar-refractivity contribution in [3.63, 3.8) is 0 Å². The second-order valence-corrected chi connectivity index (χ2v) is 4.77. The zero-order valence-electron chi connectivity index (χ0n) is 10.9.